The highest BCUT2D eigenvalue weighted by Gasteiger charge is 2.14. The van der Waals surface area contributed by atoms with Crippen molar-refractivity contribution in [2.24, 2.45) is 11.4 Å². The normalized spacial score (nSPS) is 13.0. The monoisotopic (exact) mass is 346 g/mol. The van der Waals surface area contributed by atoms with Crippen LogP contribution >= 0.6 is 11.3 Å². The molecule has 0 spiro atoms. The molecule has 0 aliphatic rings. The molecule has 0 unspecified atom stereocenters. The predicted octanol–water partition coefficient (Wildman–Crippen LogP) is 3.45. The van der Waals surface area contributed by atoms with Gasteiger partial charge in [0.05, 0.1) is 15.1 Å². The first-order valence-corrected chi connectivity index (χ1v) is 9.48. The van der Waals surface area contributed by atoms with Crippen LogP contribution in [0.25, 0.3) is 10.2 Å². The van der Waals surface area contributed by atoms with E-state index in [-0.39, 0.29) is 4.90 Å². The van der Waals surface area contributed by atoms with Gasteiger partial charge in [0.15, 0.2) is 0 Å². The van der Waals surface area contributed by atoms with Crippen molar-refractivity contribution in [1.29, 1.82) is 0 Å². The lowest BCUT2D eigenvalue weighted by Crippen LogP contribution is -2.14. The molecule has 0 atom stereocenters. The zero-order valence-electron chi connectivity index (χ0n) is 13.5. The molecule has 120 valence electrons. The van der Waals surface area contributed by atoms with E-state index in [0.29, 0.717) is 4.80 Å². The van der Waals surface area contributed by atoms with Crippen LogP contribution in [0.4, 0.5) is 0 Å². The number of benzene rings is 2. The summed E-state index contributed by atoms with van der Waals surface area (Å²) in [6.07, 6.45) is 0. The van der Waals surface area contributed by atoms with E-state index in [2.05, 4.69) is 4.40 Å². The molecule has 0 aliphatic carbocycles. The van der Waals surface area contributed by atoms with Crippen molar-refractivity contribution in [2.75, 3.05) is 0 Å². The molecule has 0 N–H and O–H groups in total. The summed E-state index contributed by atoms with van der Waals surface area (Å²) in [4.78, 5) is 0.697. The van der Waals surface area contributed by atoms with Crippen LogP contribution in [0.1, 0.15) is 16.7 Å². The summed E-state index contributed by atoms with van der Waals surface area (Å²) >= 11 is 1.39. The number of sulfonamides is 1. The Labute approximate surface area is 139 Å². The molecule has 2 aromatic carbocycles. The third kappa shape index (κ3) is 2.84. The van der Waals surface area contributed by atoms with Gasteiger partial charge < -0.3 is 4.57 Å². The Morgan fingerprint density at radius 2 is 1.65 bits per heavy atom. The maximum absolute atomic E-state index is 12.5. The van der Waals surface area contributed by atoms with E-state index in [0.717, 1.165) is 21.3 Å². The molecule has 6 heteroatoms. The van der Waals surface area contributed by atoms with Crippen LogP contribution in [0.2, 0.25) is 0 Å². The zero-order chi connectivity index (χ0) is 16.8. The highest BCUT2D eigenvalue weighted by molar-refractivity contribution is 7.90. The fourth-order valence-corrected chi connectivity index (χ4v) is 4.79. The van der Waals surface area contributed by atoms with Crippen LogP contribution < -0.4 is 4.80 Å². The number of nitrogens with zero attached hydrogens (tertiary/aromatic N) is 2. The van der Waals surface area contributed by atoms with E-state index in [1.54, 1.807) is 24.3 Å². The van der Waals surface area contributed by atoms with Gasteiger partial charge in [-0.3, -0.25) is 0 Å². The lowest BCUT2D eigenvalue weighted by atomic mass is 10.1. The second-order valence-corrected chi connectivity index (χ2v) is 8.29. The Bertz CT molecular complexity index is 1060. The number of thiazole rings is 1. The average molecular weight is 346 g/mol. The molecule has 0 saturated heterocycles. The number of hydrogen-bond donors (Lipinski definition) is 0. The van der Waals surface area contributed by atoms with Gasteiger partial charge in [-0.25, -0.2) is 0 Å². The third-order valence-electron chi connectivity index (χ3n) is 4.01. The Morgan fingerprint density at radius 3 is 2.30 bits per heavy atom. The molecule has 3 aromatic rings. The fourth-order valence-electron chi connectivity index (χ4n) is 2.48. The van der Waals surface area contributed by atoms with Gasteiger partial charge in [-0.2, -0.15) is 8.42 Å². The smallest absolute Gasteiger partial charge is 0.285 e. The quantitative estimate of drug-likeness (QED) is 0.713. The molecule has 0 amide bonds. The molecule has 0 radical (unpaired) electrons. The lowest BCUT2D eigenvalue weighted by Gasteiger charge is -2.03. The van der Waals surface area contributed by atoms with Gasteiger partial charge in [0.25, 0.3) is 10.0 Å². The molecule has 3 rings (SSSR count). The first-order valence-electron chi connectivity index (χ1n) is 7.23. The maximum atomic E-state index is 12.5. The van der Waals surface area contributed by atoms with Crippen molar-refractivity contribution in [3.05, 3.63) is 57.9 Å². The Kier molecular flexibility index (Phi) is 3.90. The summed E-state index contributed by atoms with van der Waals surface area (Å²) in [7, 11) is -1.85. The third-order valence-corrected chi connectivity index (χ3v) is 6.50. The van der Waals surface area contributed by atoms with Gasteiger partial charge in [0, 0.05) is 7.05 Å². The number of rotatable bonds is 2. The standard InChI is InChI=1S/C17H18N2O2S2/c1-11-5-8-14(9-6-11)23(20,21)18-17-19(4)16-13(3)12(2)7-10-15(16)22-17/h5-10H,1-4H3. The van der Waals surface area contributed by atoms with E-state index in [1.807, 2.05) is 44.5 Å². The van der Waals surface area contributed by atoms with Gasteiger partial charge in [-0.05, 0) is 50.1 Å². The lowest BCUT2D eigenvalue weighted by molar-refractivity contribution is 0.596. The predicted molar refractivity (Wildman–Crippen MR) is 94.2 cm³/mol. The van der Waals surface area contributed by atoms with Crippen LogP contribution in [0.3, 0.4) is 0 Å². The molecule has 0 fully saturated rings. The second kappa shape index (κ2) is 5.62. The second-order valence-electron chi connectivity index (χ2n) is 5.68. The van der Waals surface area contributed by atoms with E-state index in [4.69, 9.17) is 0 Å². The van der Waals surface area contributed by atoms with E-state index < -0.39 is 10.0 Å². The largest absolute Gasteiger partial charge is 0.319 e. The topological polar surface area (TPSA) is 51.4 Å². The van der Waals surface area contributed by atoms with Gasteiger partial charge in [0.1, 0.15) is 0 Å². The van der Waals surface area contributed by atoms with Crippen molar-refractivity contribution in [1.82, 2.24) is 4.57 Å². The average Bonchev–Trinajstić information content (AvgIpc) is 2.80. The zero-order valence-corrected chi connectivity index (χ0v) is 15.1. The van der Waals surface area contributed by atoms with E-state index >= 15 is 0 Å². The Morgan fingerprint density at radius 1 is 1.00 bits per heavy atom. The van der Waals surface area contributed by atoms with Crippen LogP contribution in [0.5, 0.6) is 0 Å². The van der Waals surface area contributed by atoms with E-state index in [9.17, 15) is 8.42 Å². The van der Waals surface area contributed by atoms with Crippen molar-refractivity contribution in [3.63, 3.8) is 0 Å². The molecule has 0 bridgehead atoms. The van der Waals surface area contributed by atoms with Crippen molar-refractivity contribution < 1.29 is 8.42 Å². The summed E-state index contributed by atoms with van der Waals surface area (Å²) in [6, 6.07) is 10.8. The number of aromatic nitrogens is 1. The van der Waals surface area contributed by atoms with Gasteiger partial charge >= 0.3 is 0 Å². The molecule has 23 heavy (non-hydrogen) atoms. The Hall–Kier alpha value is -1.92. The summed E-state index contributed by atoms with van der Waals surface area (Å²) in [5.41, 5.74) is 4.38. The molecule has 1 aromatic heterocycles. The molecule has 4 nitrogen and oxygen atoms in total. The highest BCUT2D eigenvalue weighted by Crippen LogP contribution is 2.23. The summed E-state index contributed by atoms with van der Waals surface area (Å²) in [5, 5.41) is 0. The van der Waals surface area contributed by atoms with Crippen LogP contribution in [-0.2, 0) is 17.1 Å². The first-order chi connectivity index (χ1) is 10.8. The molecular formula is C17H18N2O2S2. The minimum atomic E-state index is -3.71. The number of hydrogen-bond acceptors (Lipinski definition) is 3. The maximum Gasteiger partial charge on any atom is 0.285 e. The SMILES string of the molecule is Cc1ccc(S(=O)(=O)N=c2sc3ccc(C)c(C)c3n2C)cc1. The molecular weight excluding hydrogens is 328 g/mol. The van der Waals surface area contributed by atoms with Gasteiger partial charge in [-0.15, -0.1) is 4.40 Å². The molecule has 0 aliphatic heterocycles. The summed E-state index contributed by atoms with van der Waals surface area (Å²) in [5.74, 6) is 0. The highest BCUT2D eigenvalue weighted by atomic mass is 32.2. The van der Waals surface area contributed by atoms with Crippen molar-refractivity contribution in [3.8, 4) is 0 Å². The number of fused-ring (bicyclic) bond motifs is 1. The molecule has 0 saturated carbocycles. The Balaban J connectivity index is 2.23. The van der Waals surface area contributed by atoms with Crippen LogP contribution in [0, 0.1) is 20.8 Å². The van der Waals surface area contributed by atoms with Crippen LogP contribution in [0.15, 0.2) is 45.7 Å². The minimum absolute atomic E-state index is 0.216. The minimum Gasteiger partial charge on any atom is -0.319 e. The van der Waals surface area contributed by atoms with Crippen LogP contribution in [-0.4, -0.2) is 13.0 Å². The fraction of sp³-hybridized carbons (Fsp3) is 0.235. The van der Waals surface area contributed by atoms with Gasteiger partial charge in [-0.1, -0.05) is 35.1 Å². The van der Waals surface area contributed by atoms with Crippen molar-refractivity contribution in [2.45, 2.75) is 25.7 Å². The van der Waals surface area contributed by atoms with Crippen molar-refractivity contribution >= 4 is 31.6 Å². The summed E-state index contributed by atoms with van der Waals surface area (Å²) < 4.78 is 32.0. The number of aryl methyl sites for hydroxylation is 4. The molecule has 1 heterocycles. The summed E-state index contributed by atoms with van der Waals surface area (Å²) in [6.45, 7) is 6.01. The van der Waals surface area contributed by atoms with E-state index in [1.165, 1.54) is 16.9 Å². The first kappa shape index (κ1) is 16.0. The van der Waals surface area contributed by atoms with Gasteiger partial charge in [0.2, 0.25) is 4.80 Å².